The SMILES string of the molecule is CCNC1C(=O)Nc2c(F)cc(C)cc21. The molecule has 1 aromatic rings. The second kappa shape index (κ2) is 3.62. The van der Waals surface area contributed by atoms with Crippen LogP contribution in [0, 0.1) is 12.7 Å². The van der Waals surface area contributed by atoms with Crippen LogP contribution in [0.5, 0.6) is 0 Å². The van der Waals surface area contributed by atoms with E-state index in [2.05, 4.69) is 10.6 Å². The maximum absolute atomic E-state index is 13.5. The lowest BCUT2D eigenvalue weighted by atomic mass is 10.1. The number of likely N-dealkylation sites (N-methyl/N-ethyl adjacent to an activating group) is 1. The average Bonchev–Trinajstić information content (AvgIpc) is 2.46. The number of carbonyl (C=O) groups is 1. The van der Waals surface area contributed by atoms with E-state index < -0.39 is 6.04 Å². The second-order valence-corrected chi connectivity index (χ2v) is 3.69. The van der Waals surface area contributed by atoms with Crippen molar-refractivity contribution in [1.29, 1.82) is 0 Å². The summed E-state index contributed by atoms with van der Waals surface area (Å²) >= 11 is 0. The van der Waals surface area contributed by atoms with Gasteiger partial charge in [-0.15, -0.1) is 0 Å². The molecule has 0 spiro atoms. The Bertz CT molecular complexity index is 417. The molecule has 80 valence electrons. The van der Waals surface area contributed by atoms with Crippen LogP contribution in [0.2, 0.25) is 0 Å². The summed E-state index contributed by atoms with van der Waals surface area (Å²) in [6.07, 6.45) is 0. The molecule has 1 unspecified atom stereocenters. The van der Waals surface area contributed by atoms with Gasteiger partial charge in [-0.1, -0.05) is 13.0 Å². The molecular weight excluding hydrogens is 195 g/mol. The lowest BCUT2D eigenvalue weighted by Gasteiger charge is -2.09. The first-order valence-electron chi connectivity index (χ1n) is 4.97. The van der Waals surface area contributed by atoms with Crippen LogP contribution in [-0.2, 0) is 4.79 Å². The third-order valence-corrected chi connectivity index (χ3v) is 2.49. The van der Waals surface area contributed by atoms with Crippen molar-refractivity contribution in [3.05, 3.63) is 29.1 Å². The standard InChI is InChI=1S/C11H13FN2O/c1-3-13-10-7-4-6(2)5-8(12)9(7)14-11(10)15/h4-5,10,13H,3H2,1-2H3,(H,14,15). The van der Waals surface area contributed by atoms with Gasteiger partial charge in [0.2, 0.25) is 5.91 Å². The van der Waals surface area contributed by atoms with Crippen LogP contribution in [-0.4, -0.2) is 12.5 Å². The minimum atomic E-state index is -0.417. The van der Waals surface area contributed by atoms with E-state index in [9.17, 15) is 9.18 Å². The third kappa shape index (κ3) is 1.61. The maximum Gasteiger partial charge on any atom is 0.246 e. The number of aryl methyl sites for hydroxylation is 1. The van der Waals surface area contributed by atoms with Gasteiger partial charge in [0.15, 0.2) is 0 Å². The van der Waals surface area contributed by atoms with Gasteiger partial charge in [-0.05, 0) is 25.1 Å². The van der Waals surface area contributed by atoms with Crippen molar-refractivity contribution in [2.45, 2.75) is 19.9 Å². The topological polar surface area (TPSA) is 41.1 Å². The molecule has 0 saturated carbocycles. The van der Waals surface area contributed by atoms with Crippen molar-refractivity contribution < 1.29 is 9.18 Å². The Labute approximate surface area is 87.7 Å². The van der Waals surface area contributed by atoms with Crippen molar-refractivity contribution in [2.75, 3.05) is 11.9 Å². The summed E-state index contributed by atoms with van der Waals surface area (Å²) in [5, 5.41) is 5.58. The summed E-state index contributed by atoms with van der Waals surface area (Å²) in [6, 6.07) is 2.84. The Kier molecular flexibility index (Phi) is 2.44. The van der Waals surface area contributed by atoms with E-state index in [1.807, 2.05) is 19.9 Å². The molecule has 1 aliphatic rings. The lowest BCUT2D eigenvalue weighted by molar-refractivity contribution is -0.117. The molecule has 0 bridgehead atoms. The molecule has 3 nitrogen and oxygen atoms in total. The van der Waals surface area contributed by atoms with Crippen LogP contribution in [0.4, 0.5) is 10.1 Å². The Morgan fingerprint density at radius 2 is 2.27 bits per heavy atom. The molecule has 0 radical (unpaired) electrons. The Morgan fingerprint density at radius 1 is 1.53 bits per heavy atom. The predicted molar refractivity (Wildman–Crippen MR) is 56.2 cm³/mol. The molecule has 1 atom stereocenters. The molecule has 2 N–H and O–H groups in total. The minimum Gasteiger partial charge on any atom is -0.322 e. The number of halogens is 1. The zero-order chi connectivity index (χ0) is 11.0. The van der Waals surface area contributed by atoms with Crippen molar-refractivity contribution in [1.82, 2.24) is 5.32 Å². The first kappa shape index (κ1) is 10.1. The first-order chi connectivity index (χ1) is 7.13. The molecule has 1 aliphatic heterocycles. The highest BCUT2D eigenvalue weighted by molar-refractivity contribution is 6.02. The fourth-order valence-electron chi connectivity index (χ4n) is 1.87. The highest BCUT2D eigenvalue weighted by Crippen LogP contribution is 2.33. The number of benzene rings is 1. The summed E-state index contributed by atoms with van der Waals surface area (Å²) in [5.41, 5.74) is 1.85. The quantitative estimate of drug-likeness (QED) is 0.777. The van der Waals surface area contributed by atoms with Crippen molar-refractivity contribution >= 4 is 11.6 Å². The molecule has 4 heteroatoms. The van der Waals surface area contributed by atoms with Gasteiger partial charge in [-0.2, -0.15) is 0 Å². The maximum atomic E-state index is 13.5. The molecule has 2 rings (SSSR count). The first-order valence-corrected chi connectivity index (χ1v) is 4.97. The number of hydrogen-bond donors (Lipinski definition) is 2. The summed E-state index contributed by atoms with van der Waals surface area (Å²) in [5.74, 6) is -0.546. The number of fused-ring (bicyclic) bond motifs is 1. The van der Waals surface area contributed by atoms with Crippen molar-refractivity contribution in [3.63, 3.8) is 0 Å². The number of rotatable bonds is 2. The zero-order valence-corrected chi connectivity index (χ0v) is 8.73. The number of anilines is 1. The zero-order valence-electron chi connectivity index (χ0n) is 8.73. The monoisotopic (exact) mass is 208 g/mol. The smallest absolute Gasteiger partial charge is 0.246 e. The number of nitrogens with one attached hydrogen (secondary N) is 2. The number of amides is 1. The van der Waals surface area contributed by atoms with Crippen molar-refractivity contribution in [2.24, 2.45) is 0 Å². The van der Waals surface area contributed by atoms with Gasteiger partial charge in [-0.3, -0.25) is 4.79 Å². The molecule has 0 aliphatic carbocycles. The fraction of sp³-hybridized carbons (Fsp3) is 0.364. The largest absolute Gasteiger partial charge is 0.322 e. The summed E-state index contributed by atoms with van der Waals surface area (Å²) in [7, 11) is 0. The van der Waals surface area contributed by atoms with Gasteiger partial charge in [-0.25, -0.2) is 4.39 Å². The summed E-state index contributed by atoms with van der Waals surface area (Å²) in [4.78, 5) is 11.5. The molecule has 0 fully saturated rings. The fourth-order valence-corrected chi connectivity index (χ4v) is 1.87. The van der Waals surface area contributed by atoms with Gasteiger partial charge in [0.25, 0.3) is 0 Å². The Balaban J connectivity index is 2.48. The Morgan fingerprint density at radius 3 is 2.93 bits per heavy atom. The van der Waals surface area contributed by atoms with Crippen LogP contribution in [0.1, 0.15) is 24.1 Å². The van der Waals surface area contributed by atoms with Gasteiger partial charge < -0.3 is 10.6 Å². The highest BCUT2D eigenvalue weighted by Gasteiger charge is 2.31. The number of hydrogen-bond acceptors (Lipinski definition) is 2. The molecule has 0 aromatic heterocycles. The van der Waals surface area contributed by atoms with Crippen LogP contribution in [0.15, 0.2) is 12.1 Å². The highest BCUT2D eigenvalue weighted by atomic mass is 19.1. The molecule has 1 heterocycles. The second-order valence-electron chi connectivity index (χ2n) is 3.69. The van der Waals surface area contributed by atoms with E-state index in [-0.39, 0.29) is 11.7 Å². The van der Waals surface area contributed by atoms with Gasteiger partial charge in [0.05, 0.1) is 5.69 Å². The van der Waals surface area contributed by atoms with Crippen LogP contribution >= 0.6 is 0 Å². The van der Waals surface area contributed by atoms with Gasteiger partial charge >= 0.3 is 0 Å². The lowest BCUT2D eigenvalue weighted by Crippen LogP contribution is -2.27. The minimum absolute atomic E-state index is 0.184. The Hall–Kier alpha value is -1.42. The number of carbonyl (C=O) groups excluding carboxylic acids is 1. The van der Waals surface area contributed by atoms with E-state index in [0.29, 0.717) is 17.8 Å². The van der Waals surface area contributed by atoms with Crippen LogP contribution in [0.25, 0.3) is 0 Å². The van der Waals surface area contributed by atoms with E-state index in [4.69, 9.17) is 0 Å². The molecule has 0 saturated heterocycles. The molecule has 1 amide bonds. The van der Waals surface area contributed by atoms with E-state index >= 15 is 0 Å². The normalized spacial score (nSPS) is 18.9. The van der Waals surface area contributed by atoms with Gasteiger partial charge in [0.1, 0.15) is 11.9 Å². The summed E-state index contributed by atoms with van der Waals surface area (Å²) in [6.45, 7) is 4.40. The predicted octanol–water partition coefficient (Wildman–Crippen LogP) is 1.74. The molecule has 15 heavy (non-hydrogen) atoms. The molecular formula is C11H13FN2O. The van der Waals surface area contributed by atoms with Gasteiger partial charge in [0, 0.05) is 5.56 Å². The van der Waals surface area contributed by atoms with E-state index in [0.717, 1.165) is 5.56 Å². The summed E-state index contributed by atoms with van der Waals surface area (Å²) < 4.78 is 13.5. The van der Waals surface area contributed by atoms with E-state index in [1.165, 1.54) is 6.07 Å². The molecule has 1 aromatic carbocycles. The van der Waals surface area contributed by atoms with Crippen LogP contribution < -0.4 is 10.6 Å². The third-order valence-electron chi connectivity index (χ3n) is 2.49. The average molecular weight is 208 g/mol. The van der Waals surface area contributed by atoms with Crippen molar-refractivity contribution in [3.8, 4) is 0 Å². The van der Waals surface area contributed by atoms with Crippen LogP contribution in [0.3, 0.4) is 0 Å². The van der Waals surface area contributed by atoms with E-state index in [1.54, 1.807) is 0 Å².